The number of carbonyl (C=O) groups is 3. The van der Waals surface area contributed by atoms with Crippen molar-refractivity contribution in [2.75, 3.05) is 29.2 Å². The van der Waals surface area contributed by atoms with E-state index in [-0.39, 0.29) is 18.0 Å². The predicted molar refractivity (Wildman–Crippen MR) is 118 cm³/mol. The van der Waals surface area contributed by atoms with Crippen LogP contribution in [0, 0.1) is 0 Å². The first kappa shape index (κ1) is 23.0. The first-order valence-electron chi connectivity index (χ1n) is 10.1. The van der Waals surface area contributed by atoms with E-state index in [0.717, 1.165) is 30.3 Å². The van der Waals surface area contributed by atoms with Gasteiger partial charge in [-0.3, -0.25) is 14.4 Å². The first-order valence-corrected chi connectivity index (χ1v) is 11.0. The lowest BCUT2D eigenvalue weighted by molar-refractivity contribution is -0.137. The van der Waals surface area contributed by atoms with Crippen molar-refractivity contribution < 1.29 is 32.3 Å². The molecule has 4 rings (SSSR count). The van der Waals surface area contributed by atoms with Gasteiger partial charge in [0.15, 0.2) is 0 Å². The summed E-state index contributed by atoms with van der Waals surface area (Å²) in [6.45, 7) is 0.598. The Hall–Kier alpha value is -3.21. The number of ether oxygens (including phenoxy) is 1. The third-order valence-corrected chi connectivity index (χ3v) is 6.60. The Balaban J connectivity index is 1.43. The second kappa shape index (κ2) is 8.97. The SMILES string of the molecule is COc1cc(NC(=O)CC2Sc3ccc(C(F)(F)F)cc3NC2=O)ccc1N1CCCC1=O. The number of methoxy groups -OCH3 is 1. The lowest BCUT2D eigenvalue weighted by Gasteiger charge is -2.24. The van der Waals surface area contributed by atoms with Gasteiger partial charge in [0, 0.05) is 36.0 Å². The molecule has 174 valence electrons. The Labute approximate surface area is 191 Å². The zero-order chi connectivity index (χ0) is 23.8. The van der Waals surface area contributed by atoms with Gasteiger partial charge in [0.1, 0.15) is 5.75 Å². The standard InChI is InChI=1S/C22H20F3N3O4S/c1-32-16-10-13(5-6-15(16)28-8-2-3-20(28)30)26-19(29)11-18-21(31)27-14-9-12(22(23,24)25)4-7-17(14)33-18/h4-7,9-10,18H,2-3,8,11H2,1H3,(H,26,29)(H,27,31). The fraction of sp³-hybridized carbons (Fsp3) is 0.318. The van der Waals surface area contributed by atoms with E-state index in [2.05, 4.69) is 10.6 Å². The monoisotopic (exact) mass is 479 g/mol. The van der Waals surface area contributed by atoms with Gasteiger partial charge < -0.3 is 20.3 Å². The quantitative estimate of drug-likeness (QED) is 0.669. The third kappa shape index (κ3) is 4.92. The molecular weight excluding hydrogens is 459 g/mol. The fourth-order valence-electron chi connectivity index (χ4n) is 3.72. The van der Waals surface area contributed by atoms with Crippen LogP contribution in [-0.4, -0.2) is 36.6 Å². The highest BCUT2D eigenvalue weighted by Gasteiger charge is 2.34. The molecule has 0 spiro atoms. The van der Waals surface area contributed by atoms with Crippen molar-refractivity contribution in [1.82, 2.24) is 0 Å². The van der Waals surface area contributed by atoms with Crippen LogP contribution < -0.4 is 20.3 Å². The molecule has 2 aromatic carbocycles. The second-order valence-electron chi connectivity index (χ2n) is 7.59. The summed E-state index contributed by atoms with van der Waals surface area (Å²) in [5, 5.41) is 4.36. The molecule has 0 aromatic heterocycles. The lowest BCUT2D eigenvalue weighted by atomic mass is 10.1. The van der Waals surface area contributed by atoms with Crippen LogP contribution in [0.5, 0.6) is 5.75 Å². The largest absolute Gasteiger partial charge is 0.494 e. The van der Waals surface area contributed by atoms with Crippen molar-refractivity contribution in [1.29, 1.82) is 0 Å². The van der Waals surface area contributed by atoms with Crippen molar-refractivity contribution in [3.05, 3.63) is 42.0 Å². The highest BCUT2D eigenvalue weighted by Crippen LogP contribution is 2.41. The van der Waals surface area contributed by atoms with Crippen LogP contribution in [0.1, 0.15) is 24.8 Å². The van der Waals surface area contributed by atoms with Crippen LogP contribution in [0.2, 0.25) is 0 Å². The summed E-state index contributed by atoms with van der Waals surface area (Å²) in [5.74, 6) is -0.539. The first-order chi connectivity index (χ1) is 15.7. The van der Waals surface area contributed by atoms with Crippen molar-refractivity contribution in [2.24, 2.45) is 0 Å². The molecule has 11 heteroatoms. The molecule has 0 radical (unpaired) electrons. The van der Waals surface area contributed by atoms with E-state index in [4.69, 9.17) is 4.74 Å². The molecule has 2 aromatic rings. The molecule has 0 saturated carbocycles. The van der Waals surface area contributed by atoms with E-state index in [1.165, 1.54) is 13.2 Å². The molecule has 2 heterocycles. The summed E-state index contributed by atoms with van der Waals surface area (Å²) in [7, 11) is 1.47. The number of fused-ring (bicyclic) bond motifs is 1. The van der Waals surface area contributed by atoms with Crippen LogP contribution in [-0.2, 0) is 20.6 Å². The molecule has 2 N–H and O–H groups in total. The van der Waals surface area contributed by atoms with Gasteiger partial charge in [-0.1, -0.05) is 0 Å². The molecule has 0 aliphatic carbocycles. The van der Waals surface area contributed by atoms with E-state index < -0.39 is 28.8 Å². The minimum atomic E-state index is -4.51. The molecule has 1 unspecified atom stereocenters. The van der Waals surface area contributed by atoms with Crippen molar-refractivity contribution in [2.45, 2.75) is 35.6 Å². The number of thioether (sulfide) groups is 1. The van der Waals surface area contributed by atoms with Crippen molar-refractivity contribution >= 4 is 46.5 Å². The fourth-order valence-corrected chi connectivity index (χ4v) is 4.81. The van der Waals surface area contributed by atoms with Gasteiger partial charge >= 0.3 is 6.18 Å². The summed E-state index contributed by atoms with van der Waals surface area (Å²) in [6, 6.07) is 8.05. The van der Waals surface area contributed by atoms with Crippen LogP contribution in [0.4, 0.5) is 30.2 Å². The van der Waals surface area contributed by atoms with Gasteiger partial charge in [-0.25, -0.2) is 0 Å². The van der Waals surface area contributed by atoms with Crippen LogP contribution in [0.25, 0.3) is 0 Å². The molecule has 2 aliphatic heterocycles. The zero-order valence-corrected chi connectivity index (χ0v) is 18.3. The highest BCUT2D eigenvalue weighted by molar-refractivity contribution is 8.01. The maximum atomic E-state index is 12.9. The Kier molecular flexibility index (Phi) is 6.24. The number of nitrogens with one attached hydrogen (secondary N) is 2. The van der Waals surface area contributed by atoms with E-state index in [9.17, 15) is 27.6 Å². The molecule has 1 atom stereocenters. The van der Waals surface area contributed by atoms with E-state index >= 15 is 0 Å². The lowest BCUT2D eigenvalue weighted by Crippen LogP contribution is -2.32. The number of halogens is 3. The zero-order valence-electron chi connectivity index (χ0n) is 17.5. The molecule has 2 aliphatic rings. The average Bonchev–Trinajstić information content (AvgIpc) is 3.18. The van der Waals surface area contributed by atoms with Gasteiger partial charge in [0.2, 0.25) is 17.7 Å². The molecule has 3 amide bonds. The number of anilines is 3. The summed E-state index contributed by atoms with van der Waals surface area (Å²) >= 11 is 1.04. The number of hydrogen-bond acceptors (Lipinski definition) is 5. The minimum Gasteiger partial charge on any atom is -0.494 e. The number of rotatable bonds is 5. The maximum absolute atomic E-state index is 12.9. The summed E-state index contributed by atoms with van der Waals surface area (Å²) in [6.07, 6.45) is -3.45. The predicted octanol–water partition coefficient (Wildman–Crippen LogP) is 4.28. The average molecular weight is 479 g/mol. The Morgan fingerprint density at radius 1 is 1.24 bits per heavy atom. The summed E-state index contributed by atoms with van der Waals surface area (Å²) < 4.78 is 44.1. The molecule has 1 saturated heterocycles. The molecule has 7 nitrogen and oxygen atoms in total. The van der Waals surface area contributed by atoms with Gasteiger partial charge in [-0.05, 0) is 36.8 Å². The topological polar surface area (TPSA) is 87.7 Å². The maximum Gasteiger partial charge on any atom is 0.416 e. The third-order valence-electron chi connectivity index (χ3n) is 5.32. The number of nitrogens with zero attached hydrogens (tertiary/aromatic N) is 1. The summed E-state index contributed by atoms with van der Waals surface area (Å²) in [5.41, 5.74) is 0.276. The van der Waals surface area contributed by atoms with E-state index in [0.29, 0.717) is 35.0 Å². The van der Waals surface area contributed by atoms with Crippen LogP contribution in [0.15, 0.2) is 41.3 Å². The van der Waals surface area contributed by atoms with Crippen molar-refractivity contribution in [3.8, 4) is 5.75 Å². The van der Waals surface area contributed by atoms with Gasteiger partial charge in [-0.15, -0.1) is 11.8 Å². The Morgan fingerprint density at radius 2 is 2.03 bits per heavy atom. The number of benzene rings is 2. The van der Waals surface area contributed by atoms with Gasteiger partial charge in [0.25, 0.3) is 0 Å². The van der Waals surface area contributed by atoms with E-state index in [1.54, 1.807) is 23.1 Å². The molecule has 1 fully saturated rings. The Morgan fingerprint density at radius 3 is 2.70 bits per heavy atom. The molecule has 33 heavy (non-hydrogen) atoms. The van der Waals surface area contributed by atoms with Crippen LogP contribution in [0.3, 0.4) is 0 Å². The second-order valence-corrected chi connectivity index (χ2v) is 8.84. The van der Waals surface area contributed by atoms with Gasteiger partial charge in [0.05, 0.1) is 29.3 Å². The molecular formula is C22H20F3N3O4S. The minimum absolute atomic E-state index is 0.00746. The normalized spacial score (nSPS) is 18.1. The number of amides is 3. The number of carbonyl (C=O) groups excluding carboxylic acids is 3. The number of hydrogen-bond donors (Lipinski definition) is 2. The smallest absolute Gasteiger partial charge is 0.416 e. The van der Waals surface area contributed by atoms with Gasteiger partial charge in [-0.2, -0.15) is 13.2 Å². The van der Waals surface area contributed by atoms with Crippen LogP contribution >= 0.6 is 11.8 Å². The summed E-state index contributed by atoms with van der Waals surface area (Å²) in [4.78, 5) is 39.0. The highest BCUT2D eigenvalue weighted by atomic mass is 32.2. The van der Waals surface area contributed by atoms with E-state index in [1.807, 2.05) is 0 Å². The van der Waals surface area contributed by atoms with Crippen molar-refractivity contribution in [3.63, 3.8) is 0 Å². The molecule has 0 bridgehead atoms. The Bertz CT molecular complexity index is 1120. The number of alkyl halides is 3.